The first-order valence-electron chi connectivity index (χ1n) is 9.45. The van der Waals surface area contributed by atoms with E-state index in [0.29, 0.717) is 49.9 Å². The number of ether oxygens (including phenoxy) is 2. The van der Waals surface area contributed by atoms with Crippen LogP contribution in [0.5, 0.6) is 11.5 Å². The quantitative estimate of drug-likeness (QED) is 0.788. The second-order valence-electron chi connectivity index (χ2n) is 7.41. The Morgan fingerprint density at radius 1 is 1.23 bits per heavy atom. The highest BCUT2D eigenvalue weighted by molar-refractivity contribution is 5.98. The predicted octanol–water partition coefficient (Wildman–Crippen LogP) is 2.27. The number of fused-ring (bicyclic) bond motifs is 1. The van der Waals surface area contributed by atoms with E-state index in [1.807, 2.05) is 13.8 Å². The van der Waals surface area contributed by atoms with E-state index < -0.39 is 5.41 Å². The number of Topliss-reactive ketones (excluding diaryl/α,β-unsaturated/α-hetero) is 1. The molecule has 1 fully saturated rings. The molecule has 2 aliphatic rings. The van der Waals surface area contributed by atoms with Crippen LogP contribution in [0.2, 0.25) is 0 Å². The Labute approximate surface area is 154 Å². The zero-order valence-corrected chi connectivity index (χ0v) is 15.7. The van der Waals surface area contributed by atoms with Crippen molar-refractivity contribution in [2.24, 2.45) is 5.41 Å². The first kappa shape index (κ1) is 18.7. The molecule has 6 heteroatoms. The molecule has 1 aromatic rings. The molecule has 142 valence electrons. The van der Waals surface area contributed by atoms with Gasteiger partial charge in [0, 0.05) is 18.7 Å². The molecule has 0 radical (unpaired) electrons. The van der Waals surface area contributed by atoms with Crippen molar-refractivity contribution < 1.29 is 19.1 Å². The zero-order chi connectivity index (χ0) is 18.6. The lowest BCUT2D eigenvalue weighted by molar-refractivity contribution is -0.133. The SMILES string of the molecule is CCCNC(=O)C1(C)CCCN(CC(=O)c2ccc3c(c2)OCCO3)C1. The fourth-order valence-electron chi connectivity index (χ4n) is 3.63. The van der Waals surface area contributed by atoms with Gasteiger partial charge in [-0.3, -0.25) is 14.5 Å². The summed E-state index contributed by atoms with van der Waals surface area (Å²) < 4.78 is 11.1. The maximum Gasteiger partial charge on any atom is 0.227 e. The van der Waals surface area contributed by atoms with Crippen molar-refractivity contribution in [3.63, 3.8) is 0 Å². The molecule has 6 nitrogen and oxygen atoms in total. The Kier molecular flexibility index (Phi) is 5.81. The largest absolute Gasteiger partial charge is 0.486 e. The summed E-state index contributed by atoms with van der Waals surface area (Å²) in [5.74, 6) is 1.45. The normalized spacial score (nSPS) is 22.7. The van der Waals surface area contributed by atoms with Crippen molar-refractivity contribution >= 4 is 11.7 Å². The molecule has 0 spiro atoms. The molecule has 0 aromatic heterocycles. The lowest BCUT2D eigenvalue weighted by Gasteiger charge is -2.39. The lowest BCUT2D eigenvalue weighted by Crippen LogP contribution is -2.51. The Hall–Kier alpha value is -2.08. The van der Waals surface area contributed by atoms with Gasteiger partial charge >= 0.3 is 0 Å². The minimum atomic E-state index is -0.430. The van der Waals surface area contributed by atoms with Gasteiger partial charge in [-0.1, -0.05) is 6.92 Å². The van der Waals surface area contributed by atoms with Gasteiger partial charge in [0.15, 0.2) is 17.3 Å². The summed E-state index contributed by atoms with van der Waals surface area (Å²) >= 11 is 0. The average Bonchev–Trinajstić information content (AvgIpc) is 2.65. The van der Waals surface area contributed by atoms with Crippen molar-refractivity contribution in [3.05, 3.63) is 23.8 Å². The monoisotopic (exact) mass is 360 g/mol. The van der Waals surface area contributed by atoms with Gasteiger partial charge in [0.2, 0.25) is 5.91 Å². The minimum absolute atomic E-state index is 0.0418. The maximum absolute atomic E-state index is 12.7. The molecule has 1 aromatic carbocycles. The topological polar surface area (TPSA) is 67.9 Å². The number of rotatable bonds is 6. The Morgan fingerprint density at radius 3 is 2.77 bits per heavy atom. The molecular weight excluding hydrogens is 332 g/mol. The van der Waals surface area contributed by atoms with E-state index in [1.165, 1.54) is 0 Å². The van der Waals surface area contributed by atoms with E-state index in [4.69, 9.17) is 9.47 Å². The molecule has 1 amide bonds. The van der Waals surface area contributed by atoms with Crippen molar-refractivity contribution in [3.8, 4) is 11.5 Å². The first-order valence-corrected chi connectivity index (χ1v) is 9.45. The van der Waals surface area contributed by atoms with Crippen LogP contribution in [0.4, 0.5) is 0 Å². The molecule has 0 bridgehead atoms. The summed E-state index contributed by atoms with van der Waals surface area (Å²) in [5.41, 5.74) is 0.192. The number of benzene rings is 1. The zero-order valence-electron chi connectivity index (χ0n) is 15.7. The highest BCUT2D eigenvalue weighted by atomic mass is 16.6. The first-order chi connectivity index (χ1) is 12.5. The van der Waals surface area contributed by atoms with Gasteiger partial charge in [-0.2, -0.15) is 0 Å². The van der Waals surface area contributed by atoms with E-state index in [9.17, 15) is 9.59 Å². The molecule has 2 heterocycles. The van der Waals surface area contributed by atoms with Crippen molar-refractivity contribution in [1.82, 2.24) is 10.2 Å². The minimum Gasteiger partial charge on any atom is -0.486 e. The van der Waals surface area contributed by atoms with Crippen LogP contribution in [0.25, 0.3) is 0 Å². The maximum atomic E-state index is 12.7. The van der Waals surface area contributed by atoms with Crippen LogP contribution in [0.1, 0.15) is 43.5 Å². The summed E-state index contributed by atoms with van der Waals surface area (Å²) in [5, 5.41) is 3.00. The van der Waals surface area contributed by atoms with E-state index in [0.717, 1.165) is 25.8 Å². The summed E-state index contributed by atoms with van der Waals surface area (Å²) in [6, 6.07) is 5.33. The molecule has 26 heavy (non-hydrogen) atoms. The van der Waals surface area contributed by atoms with Crippen LogP contribution in [-0.4, -0.2) is 56.0 Å². The highest BCUT2D eigenvalue weighted by Crippen LogP contribution is 2.32. The van der Waals surface area contributed by atoms with Gasteiger partial charge in [0.25, 0.3) is 0 Å². The summed E-state index contributed by atoms with van der Waals surface area (Å²) in [4.78, 5) is 27.3. The van der Waals surface area contributed by atoms with Crippen molar-refractivity contribution in [1.29, 1.82) is 0 Å². The number of ketones is 1. The van der Waals surface area contributed by atoms with Gasteiger partial charge < -0.3 is 14.8 Å². The molecule has 0 saturated carbocycles. The standard InChI is InChI=1S/C20H28N2O4/c1-3-8-21-19(24)20(2)7-4-9-22(14-20)13-16(23)15-5-6-17-18(12-15)26-11-10-25-17/h5-6,12H,3-4,7-11,13-14H2,1-2H3,(H,21,24). The fourth-order valence-corrected chi connectivity index (χ4v) is 3.63. The number of carbonyl (C=O) groups is 2. The Morgan fingerprint density at radius 2 is 2.00 bits per heavy atom. The van der Waals surface area contributed by atoms with Gasteiger partial charge in [0.05, 0.1) is 12.0 Å². The second-order valence-corrected chi connectivity index (χ2v) is 7.41. The number of nitrogens with one attached hydrogen (secondary N) is 1. The number of hydrogen-bond acceptors (Lipinski definition) is 5. The average molecular weight is 360 g/mol. The summed E-state index contributed by atoms with van der Waals surface area (Å²) in [7, 11) is 0. The molecule has 1 unspecified atom stereocenters. The number of likely N-dealkylation sites (tertiary alicyclic amines) is 1. The van der Waals surface area contributed by atoms with Crippen molar-refractivity contribution in [2.45, 2.75) is 33.1 Å². The van der Waals surface area contributed by atoms with Gasteiger partial charge in [-0.05, 0) is 50.9 Å². The van der Waals surface area contributed by atoms with Gasteiger partial charge in [-0.15, -0.1) is 0 Å². The Bertz CT molecular complexity index is 676. The molecule has 1 saturated heterocycles. The third kappa shape index (κ3) is 4.18. The number of hydrogen-bond donors (Lipinski definition) is 1. The molecule has 0 aliphatic carbocycles. The Balaban J connectivity index is 1.63. The molecule has 1 atom stereocenters. The molecule has 2 aliphatic heterocycles. The second kappa shape index (κ2) is 8.08. The van der Waals surface area contributed by atoms with Crippen LogP contribution in [0.15, 0.2) is 18.2 Å². The van der Waals surface area contributed by atoms with E-state index in [-0.39, 0.29) is 11.7 Å². The number of nitrogens with zero attached hydrogens (tertiary/aromatic N) is 1. The number of carbonyl (C=O) groups excluding carboxylic acids is 2. The number of piperidine rings is 1. The van der Waals surface area contributed by atoms with Crippen LogP contribution >= 0.6 is 0 Å². The molecule has 1 N–H and O–H groups in total. The lowest BCUT2D eigenvalue weighted by atomic mass is 9.80. The fraction of sp³-hybridized carbons (Fsp3) is 0.600. The van der Waals surface area contributed by atoms with Gasteiger partial charge in [0.1, 0.15) is 13.2 Å². The van der Waals surface area contributed by atoms with E-state index in [1.54, 1.807) is 18.2 Å². The van der Waals surface area contributed by atoms with Crippen molar-refractivity contribution in [2.75, 3.05) is 39.4 Å². The van der Waals surface area contributed by atoms with Crippen LogP contribution in [0, 0.1) is 5.41 Å². The predicted molar refractivity (Wildman–Crippen MR) is 98.8 cm³/mol. The molecular formula is C20H28N2O4. The number of amides is 1. The van der Waals surface area contributed by atoms with E-state index >= 15 is 0 Å². The molecule has 3 rings (SSSR count). The smallest absolute Gasteiger partial charge is 0.227 e. The third-order valence-corrected chi connectivity index (χ3v) is 5.09. The summed E-state index contributed by atoms with van der Waals surface area (Å²) in [6.45, 7) is 7.54. The summed E-state index contributed by atoms with van der Waals surface area (Å²) in [6.07, 6.45) is 2.70. The third-order valence-electron chi connectivity index (χ3n) is 5.09. The van der Waals surface area contributed by atoms with Gasteiger partial charge in [-0.25, -0.2) is 0 Å². The van der Waals surface area contributed by atoms with Crippen LogP contribution in [-0.2, 0) is 4.79 Å². The highest BCUT2D eigenvalue weighted by Gasteiger charge is 2.38. The van der Waals surface area contributed by atoms with E-state index in [2.05, 4.69) is 10.2 Å². The van der Waals surface area contributed by atoms with Crippen LogP contribution in [0.3, 0.4) is 0 Å². The van der Waals surface area contributed by atoms with Crippen LogP contribution < -0.4 is 14.8 Å².